The molecular formula is C11H19N3O4. The van der Waals surface area contributed by atoms with E-state index in [1.54, 1.807) is 0 Å². The molecule has 2 heterocycles. The summed E-state index contributed by atoms with van der Waals surface area (Å²) in [6.07, 6.45) is 2.04. The van der Waals surface area contributed by atoms with E-state index in [1.807, 2.05) is 0 Å². The minimum atomic E-state index is -1.27. The summed E-state index contributed by atoms with van der Waals surface area (Å²) in [5.41, 5.74) is -1.27. The van der Waals surface area contributed by atoms with Crippen LogP contribution in [0.25, 0.3) is 0 Å². The highest BCUT2D eigenvalue weighted by molar-refractivity contribution is 5.86. The quantitative estimate of drug-likeness (QED) is 0.535. The summed E-state index contributed by atoms with van der Waals surface area (Å²) in [7, 11) is 0. The Morgan fingerprint density at radius 2 is 2.06 bits per heavy atom. The van der Waals surface area contributed by atoms with Crippen LogP contribution in [0.1, 0.15) is 19.3 Å². The van der Waals surface area contributed by atoms with E-state index in [1.165, 1.54) is 0 Å². The normalized spacial score (nSPS) is 28.9. The van der Waals surface area contributed by atoms with E-state index in [0.29, 0.717) is 13.0 Å². The van der Waals surface area contributed by atoms with Crippen LogP contribution in [0.2, 0.25) is 0 Å². The number of carbonyl (C=O) groups excluding carboxylic acids is 1. The van der Waals surface area contributed by atoms with Gasteiger partial charge in [0.2, 0.25) is 0 Å². The summed E-state index contributed by atoms with van der Waals surface area (Å²) in [5, 5.41) is 17.7. The highest BCUT2D eigenvalue weighted by Crippen LogP contribution is 2.18. The van der Waals surface area contributed by atoms with Gasteiger partial charge in [-0.15, -0.1) is 0 Å². The van der Waals surface area contributed by atoms with Gasteiger partial charge < -0.3 is 25.8 Å². The van der Waals surface area contributed by atoms with E-state index < -0.39 is 17.5 Å². The zero-order valence-corrected chi connectivity index (χ0v) is 10.2. The number of hydrogen-bond donors (Lipinski definition) is 4. The van der Waals surface area contributed by atoms with Crippen molar-refractivity contribution in [3.8, 4) is 0 Å². The minimum absolute atomic E-state index is 0.0297. The van der Waals surface area contributed by atoms with Crippen LogP contribution in [0.15, 0.2) is 0 Å². The van der Waals surface area contributed by atoms with Crippen molar-refractivity contribution < 1.29 is 19.4 Å². The van der Waals surface area contributed by atoms with E-state index in [4.69, 9.17) is 4.74 Å². The summed E-state index contributed by atoms with van der Waals surface area (Å²) in [5.74, 6) is -1.04. The van der Waals surface area contributed by atoms with Gasteiger partial charge in [-0.1, -0.05) is 0 Å². The Labute approximate surface area is 105 Å². The lowest BCUT2D eigenvalue weighted by Gasteiger charge is -2.28. The average molecular weight is 257 g/mol. The molecule has 102 valence electrons. The lowest BCUT2D eigenvalue weighted by molar-refractivity contribution is -0.144. The van der Waals surface area contributed by atoms with Crippen LogP contribution in [0.3, 0.4) is 0 Å². The number of aliphatic carboxylic acids is 1. The molecule has 2 amide bonds. The summed E-state index contributed by atoms with van der Waals surface area (Å²) >= 11 is 0. The van der Waals surface area contributed by atoms with Gasteiger partial charge in [0.15, 0.2) is 5.54 Å². The van der Waals surface area contributed by atoms with Gasteiger partial charge in [0.1, 0.15) is 0 Å². The first-order valence-electron chi connectivity index (χ1n) is 6.23. The predicted octanol–water partition coefficient (Wildman–Crippen LogP) is -0.719. The molecule has 2 aliphatic heterocycles. The number of urea groups is 1. The van der Waals surface area contributed by atoms with Gasteiger partial charge in [-0.3, -0.25) is 0 Å². The Balaban J connectivity index is 1.87. The van der Waals surface area contributed by atoms with E-state index in [9.17, 15) is 14.7 Å². The number of carboxylic acid groups (broad SMARTS) is 1. The first-order valence-corrected chi connectivity index (χ1v) is 6.23. The first-order chi connectivity index (χ1) is 8.62. The molecule has 18 heavy (non-hydrogen) atoms. The molecule has 1 unspecified atom stereocenters. The predicted molar refractivity (Wildman–Crippen MR) is 63.4 cm³/mol. The third-order valence-electron chi connectivity index (χ3n) is 3.46. The average Bonchev–Trinajstić information content (AvgIpc) is 2.80. The molecule has 0 saturated carbocycles. The second-order valence-corrected chi connectivity index (χ2v) is 4.81. The number of carbonyl (C=O) groups is 2. The molecule has 0 aromatic heterocycles. The highest BCUT2D eigenvalue weighted by Gasteiger charge is 2.44. The molecular weight excluding hydrogens is 238 g/mol. The lowest BCUT2D eigenvalue weighted by Crippen LogP contribution is -2.59. The molecule has 0 aromatic rings. The monoisotopic (exact) mass is 257 g/mol. The summed E-state index contributed by atoms with van der Waals surface area (Å²) < 4.78 is 5.08. The van der Waals surface area contributed by atoms with Crippen molar-refractivity contribution >= 4 is 12.0 Å². The first kappa shape index (κ1) is 13.1. The molecule has 2 fully saturated rings. The Bertz CT molecular complexity index is 322. The molecule has 0 radical (unpaired) electrons. The second kappa shape index (κ2) is 5.53. The molecule has 0 spiro atoms. The Hall–Kier alpha value is -1.34. The van der Waals surface area contributed by atoms with E-state index in [0.717, 1.165) is 25.9 Å². The molecule has 2 aliphatic rings. The van der Waals surface area contributed by atoms with Gasteiger partial charge in [0.05, 0.1) is 6.61 Å². The standard InChI is InChI=1S/C11H19N3O4/c15-9(16)11(3-6-18-7-11)14-10(17)13-8-1-4-12-5-2-8/h8,12H,1-7H2,(H,15,16)(H2,13,14,17). The summed E-state index contributed by atoms with van der Waals surface area (Å²) in [6.45, 7) is 2.14. The van der Waals surface area contributed by atoms with Crippen molar-refractivity contribution in [3.05, 3.63) is 0 Å². The minimum Gasteiger partial charge on any atom is -0.479 e. The van der Waals surface area contributed by atoms with Gasteiger partial charge in [-0.2, -0.15) is 0 Å². The van der Waals surface area contributed by atoms with Crippen LogP contribution in [0.4, 0.5) is 4.79 Å². The molecule has 0 aliphatic carbocycles. The Morgan fingerprint density at radius 1 is 1.33 bits per heavy atom. The second-order valence-electron chi connectivity index (χ2n) is 4.81. The van der Waals surface area contributed by atoms with Gasteiger partial charge in [0, 0.05) is 19.1 Å². The van der Waals surface area contributed by atoms with Gasteiger partial charge in [-0.05, 0) is 25.9 Å². The number of hydrogen-bond acceptors (Lipinski definition) is 4. The Morgan fingerprint density at radius 3 is 2.61 bits per heavy atom. The maximum Gasteiger partial charge on any atom is 0.332 e. The molecule has 7 nitrogen and oxygen atoms in total. The SMILES string of the molecule is O=C(NC1CCNCC1)NC1(C(=O)O)CCOC1. The molecule has 4 N–H and O–H groups in total. The van der Waals surface area contributed by atoms with Crippen molar-refractivity contribution in [1.29, 1.82) is 0 Å². The Kier molecular flexibility index (Phi) is 4.03. The fourth-order valence-electron chi connectivity index (χ4n) is 2.29. The summed E-state index contributed by atoms with van der Waals surface area (Å²) in [4.78, 5) is 23.0. The zero-order valence-electron chi connectivity index (χ0n) is 10.2. The molecule has 7 heteroatoms. The van der Waals surface area contributed by atoms with Crippen LogP contribution in [-0.2, 0) is 9.53 Å². The number of ether oxygens (including phenoxy) is 1. The van der Waals surface area contributed by atoms with Crippen molar-refractivity contribution in [3.63, 3.8) is 0 Å². The number of piperidine rings is 1. The van der Waals surface area contributed by atoms with Crippen molar-refractivity contribution in [1.82, 2.24) is 16.0 Å². The third-order valence-corrected chi connectivity index (χ3v) is 3.46. The van der Waals surface area contributed by atoms with Crippen molar-refractivity contribution in [2.75, 3.05) is 26.3 Å². The fourth-order valence-corrected chi connectivity index (χ4v) is 2.29. The number of carboxylic acids is 1. The van der Waals surface area contributed by atoms with Crippen molar-refractivity contribution in [2.45, 2.75) is 30.8 Å². The lowest BCUT2D eigenvalue weighted by atomic mass is 9.99. The molecule has 1 atom stereocenters. The molecule has 0 aromatic carbocycles. The van der Waals surface area contributed by atoms with E-state index in [2.05, 4.69) is 16.0 Å². The van der Waals surface area contributed by atoms with Crippen LogP contribution in [-0.4, -0.2) is 55.0 Å². The van der Waals surface area contributed by atoms with E-state index >= 15 is 0 Å². The van der Waals surface area contributed by atoms with Gasteiger partial charge in [-0.25, -0.2) is 9.59 Å². The molecule has 2 saturated heterocycles. The third kappa shape index (κ3) is 2.91. The topological polar surface area (TPSA) is 99.7 Å². The van der Waals surface area contributed by atoms with Gasteiger partial charge >= 0.3 is 12.0 Å². The number of rotatable bonds is 3. The maximum absolute atomic E-state index is 11.8. The highest BCUT2D eigenvalue weighted by atomic mass is 16.5. The van der Waals surface area contributed by atoms with Crippen LogP contribution < -0.4 is 16.0 Å². The van der Waals surface area contributed by atoms with Crippen LogP contribution >= 0.6 is 0 Å². The number of nitrogens with one attached hydrogen (secondary N) is 3. The molecule has 2 rings (SSSR count). The summed E-state index contributed by atoms with van der Waals surface area (Å²) in [6, 6.07) is -0.311. The van der Waals surface area contributed by atoms with Crippen LogP contribution in [0, 0.1) is 0 Å². The van der Waals surface area contributed by atoms with Gasteiger partial charge in [0.25, 0.3) is 0 Å². The van der Waals surface area contributed by atoms with Crippen LogP contribution in [0.5, 0.6) is 0 Å². The maximum atomic E-state index is 11.8. The van der Waals surface area contributed by atoms with E-state index in [-0.39, 0.29) is 12.6 Å². The largest absolute Gasteiger partial charge is 0.479 e. The van der Waals surface area contributed by atoms with Crippen molar-refractivity contribution in [2.24, 2.45) is 0 Å². The zero-order chi connectivity index (χ0) is 13.0. The fraction of sp³-hybridized carbons (Fsp3) is 0.818. The number of amides is 2. The smallest absolute Gasteiger partial charge is 0.332 e. The molecule has 0 bridgehead atoms.